The average molecular weight is 816 g/mol. The Morgan fingerprint density at radius 3 is 1.40 bits per heavy atom. The van der Waals surface area contributed by atoms with Gasteiger partial charge in [0.1, 0.15) is 6.61 Å². The first kappa shape index (κ1) is 53.9. The third kappa shape index (κ3) is 42.4. The minimum Gasteiger partial charge on any atom is -0.462 e. The van der Waals surface area contributed by atoms with E-state index in [9.17, 15) is 19.0 Å². The number of carbonyl (C=O) groups is 2. The van der Waals surface area contributed by atoms with Crippen LogP contribution in [-0.2, 0) is 32.7 Å². The van der Waals surface area contributed by atoms with E-state index in [-0.39, 0.29) is 32.6 Å². The normalized spacial score (nSPS) is 14.2. The molecule has 0 amide bonds. The number of allylic oxidation sites excluding steroid dienone is 16. The Morgan fingerprint density at radius 2 is 0.947 bits per heavy atom. The van der Waals surface area contributed by atoms with Gasteiger partial charge in [-0.3, -0.25) is 18.6 Å². The van der Waals surface area contributed by atoms with Gasteiger partial charge in [0.25, 0.3) is 0 Å². The van der Waals surface area contributed by atoms with Gasteiger partial charge in [-0.25, -0.2) is 4.57 Å². The smallest absolute Gasteiger partial charge is 0.462 e. The van der Waals surface area contributed by atoms with Crippen molar-refractivity contribution >= 4 is 19.8 Å². The van der Waals surface area contributed by atoms with Gasteiger partial charge in [-0.05, 0) is 89.9 Å². The molecule has 10 heteroatoms. The van der Waals surface area contributed by atoms with Crippen LogP contribution in [0.2, 0.25) is 0 Å². The summed E-state index contributed by atoms with van der Waals surface area (Å²) in [6.07, 6.45) is 54.5. The lowest BCUT2D eigenvalue weighted by molar-refractivity contribution is -0.161. The molecule has 2 atom stereocenters. The van der Waals surface area contributed by atoms with Crippen LogP contribution in [0.15, 0.2) is 97.2 Å². The van der Waals surface area contributed by atoms with Crippen LogP contribution in [0.3, 0.4) is 0 Å². The quantitative estimate of drug-likeness (QED) is 0.0269. The second-order valence-electron chi connectivity index (χ2n) is 13.8. The third-order valence-corrected chi connectivity index (χ3v) is 9.44. The average Bonchev–Trinajstić information content (AvgIpc) is 3.20. The fourth-order valence-corrected chi connectivity index (χ4v) is 5.98. The van der Waals surface area contributed by atoms with E-state index >= 15 is 0 Å². The molecule has 0 aliphatic carbocycles. The van der Waals surface area contributed by atoms with Gasteiger partial charge in [0.2, 0.25) is 0 Å². The van der Waals surface area contributed by atoms with Gasteiger partial charge >= 0.3 is 19.8 Å². The van der Waals surface area contributed by atoms with Gasteiger partial charge in [-0.15, -0.1) is 0 Å². The van der Waals surface area contributed by atoms with Crippen molar-refractivity contribution in [1.82, 2.24) is 0 Å². The second kappa shape index (κ2) is 42.5. The Morgan fingerprint density at radius 1 is 0.526 bits per heavy atom. The predicted octanol–water partition coefficient (Wildman–Crippen LogP) is 12.6. The highest BCUT2D eigenvalue weighted by atomic mass is 31.2. The van der Waals surface area contributed by atoms with Crippen molar-refractivity contribution in [1.29, 1.82) is 0 Å². The monoisotopic (exact) mass is 816 g/mol. The molecule has 0 aliphatic rings. The van der Waals surface area contributed by atoms with Crippen LogP contribution in [0.1, 0.15) is 155 Å². The molecule has 0 rings (SSSR count). The molecule has 0 aliphatic heterocycles. The molecule has 9 nitrogen and oxygen atoms in total. The molecule has 1 unspecified atom stereocenters. The van der Waals surface area contributed by atoms with Crippen LogP contribution < -0.4 is 5.73 Å². The lowest BCUT2D eigenvalue weighted by Crippen LogP contribution is -2.29. The maximum absolute atomic E-state index is 12.6. The molecule has 0 aromatic rings. The highest BCUT2D eigenvalue weighted by molar-refractivity contribution is 7.47. The molecule has 0 saturated heterocycles. The summed E-state index contributed by atoms with van der Waals surface area (Å²) in [5.41, 5.74) is 5.34. The van der Waals surface area contributed by atoms with E-state index in [0.29, 0.717) is 12.8 Å². The molecule has 0 fully saturated rings. The fraction of sp³-hybridized carbons (Fsp3) is 0.617. The number of hydrogen-bond acceptors (Lipinski definition) is 8. The summed E-state index contributed by atoms with van der Waals surface area (Å²) in [7, 11) is -4.41. The summed E-state index contributed by atoms with van der Waals surface area (Å²) in [6.45, 7) is 3.54. The Labute approximate surface area is 346 Å². The fourth-order valence-electron chi connectivity index (χ4n) is 5.21. The van der Waals surface area contributed by atoms with Crippen molar-refractivity contribution < 1.29 is 37.6 Å². The molecule has 0 heterocycles. The summed E-state index contributed by atoms with van der Waals surface area (Å²) in [6, 6.07) is 0. The largest absolute Gasteiger partial charge is 0.472 e. The van der Waals surface area contributed by atoms with Crippen LogP contribution >= 0.6 is 7.82 Å². The van der Waals surface area contributed by atoms with E-state index in [1.54, 1.807) is 0 Å². The first-order chi connectivity index (χ1) is 27.8. The second-order valence-corrected chi connectivity index (χ2v) is 15.3. The molecular weight excluding hydrogens is 737 g/mol. The molecular formula is C47H78NO8P. The maximum Gasteiger partial charge on any atom is 0.472 e. The number of phosphoric acid groups is 1. The molecule has 324 valence electrons. The van der Waals surface area contributed by atoms with E-state index < -0.39 is 32.5 Å². The minimum atomic E-state index is -4.41. The summed E-state index contributed by atoms with van der Waals surface area (Å²) >= 11 is 0. The van der Waals surface area contributed by atoms with Crippen LogP contribution in [-0.4, -0.2) is 49.3 Å². The molecule has 0 bridgehead atoms. The number of nitrogens with two attached hydrogens (primary N) is 1. The lowest BCUT2D eigenvalue weighted by atomic mass is 10.1. The van der Waals surface area contributed by atoms with Gasteiger partial charge < -0.3 is 20.1 Å². The number of rotatable bonds is 39. The number of phosphoric ester groups is 1. The number of esters is 2. The van der Waals surface area contributed by atoms with Crippen molar-refractivity contribution in [3.8, 4) is 0 Å². The first-order valence-corrected chi connectivity index (χ1v) is 23.2. The topological polar surface area (TPSA) is 134 Å². The Balaban J connectivity index is 4.35. The summed E-state index contributed by atoms with van der Waals surface area (Å²) < 4.78 is 32.7. The van der Waals surface area contributed by atoms with Crippen LogP contribution in [0.25, 0.3) is 0 Å². The van der Waals surface area contributed by atoms with Crippen molar-refractivity contribution in [2.75, 3.05) is 26.4 Å². The molecule has 0 aromatic heterocycles. The Hall–Kier alpha value is -3.07. The molecule has 0 aromatic carbocycles. The lowest BCUT2D eigenvalue weighted by Gasteiger charge is -2.19. The van der Waals surface area contributed by atoms with Crippen LogP contribution in [0.4, 0.5) is 0 Å². The van der Waals surface area contributed by atoms with Gasteiger partial charge in [0.05, 0.1) is 13.2 Å². The van der Waals surface area contributed by atoms with E-state index in [2.05, 4.69) is 98.9 Å². The summed E-state index contributed by atoms with van der Waals surface area (Å²) in [5.74, 6) is -0.960. The predicted molar refractivity (Wildman–Crippen MR) is 238 cm³/mol. The highest BCUT2D eigenvalue weighted by Crippen LogP contribution is 2.43. The van der Waals surface area contributed by atoms with Gasteiger partial charge in [-0.1, -0.05) is 150 Å². The molecule has 57 heavy (non-hydrogen) atoms. The van der Waals surface area contributed by atoms with E-state index in [4.69, 9.17) is 24.3 Å². The van der Waals surface area contributed by atoms with Crippen molar-refractivity contribution in [2.24, 2.45) is 5.73 Å². The number of carbonyl (C=O) groups excluding carboxylic acids is 2. The van der Waals surface area contributed by atoms with Gasteiger partial charge in [0, 0.05) is 19.4 Å². The van der Waals surface area contributed by atoms with Gasteiger partial charge in [0.15, 0.2) is 6.10 Å². The number of unbranched alkanes of at least 4 members (excludes halogenated alkanes) is 10. The van der Waals surface area contributed by atoms with Crippen LogP contribution in [0, 0.1) is 0 Å². The number of ether oxygens (including phenoxy) is 2. The minimum absolute atomic E-state index is 0.0335. The maximum atomic E-state index is 12.6. The molecule has 0 saturated carbocycles. The van der Waals surface area contributed by atoms with Crippen molar-refractivity contribution in [3.63, 3.8) is 0 Å². The zero-order valence-electron chi connectivity index (χ0n) is 35.5. The standard InChI is InChI=1S/C47H78NO8P/c1-3-5-7-9-11-13-15-17-19-21-22-24-26-28-30-32-34-36-38-40-47(50)56-45(44-55-57(51,52)54-42-41-48)43-53-46(49)39-37-35-33-31-29-27-25-23-20-18-16-14-12-10-8-6-4-2/h11-14,17-20,22,24-25,27-28,30,34,36,45H,3-10,15-16,21,23,26,29,31-33,35,37-44,48H2,1-2H3,(H,51,52)/b13-11-,14-12-,19-17-,20-18-,24-22-,27-25-,30-28-,36-34-/t45-/m1/s1. The summed E-state index contributed by atoms with van der Waals surface area (Å²) in [4.78, 5) is 34.8. The number of hydrogen-bond donors (Lipinski definition) is 2. The third-order valence-electron chi connectivity index (χ3n) is 8.46. The first-order valence-electron chi connectivity index (χ1n) is 21.7. The molecule has 0 radical (unpaired) electrons. The van der Waals surface area contributed by atoms with E-state index in [1.807, 2.05) is 12.2 Å². The van der Waals surface area contributed by atoms with Gasteiger partial charge in [-0.2, -0.15) is 0 Å². The molecule has 3 N–H and O–H groups in total. The highest BCUT2D eigenvalue weighted by Gasteiger charge is 2.25. The molecule has 0 spiro atoms. The zero-order valence-corrected chi connectivity index (χ0v) is 36.4. The summed E-state index contributed by atoms with van der Waals surface area (Å²) in [5, 5.41) is 0. The van der Waals surface area contributed by atoms with E-state index in [1.165, 1.54) is 51.4 Å². The van der Waals surface area contributed by atoms with E-state index in [0.717, 1.165) is 64.2 Å². The SMILES string of the molecule is CCCCC/C=C\C/C=C\C/C=C\C/C=C\C/C=C\CCC(=O)O[C@H](COC(=O)CCCCCC/C=C\C/C=C\C/C=C\CCCCC)COP(=O)(O)OCCN. The zero-order chi connectivity index (χ0) is 41.8. The van der Waals surface area contributed by atoms with Crippen molar-refractivity contribution in [3.05, 3.63) is 97.2 Å². The van der Waals surface area contributed by atoms with Crippen LogP contribution in [0.5, 0.6) is 0 Å². The Bertz CT molecular complexity index is 1250. The van der Waals surface area contributed by atoms with Crippen molar-refractivity contribution in [2.45, 2.75) is 161 Å². The Kier molecular flexibility index (Phi) is 40.2.